The van der Waals surface area contributed by atoms with E-state index in [1.165, 1.54) is 7.11 Å². The molecule has 5 nitrogen and oxygen atoms in total. The van der Waals surface area contributed by atoms with E-state index in [1.807, 2.05) is 22.6 Å². The molecular formula is C9H11FIN3O2. The third-order valence-corrected chi connectivity index (χ3v) is 2.94. The number of halogens is 2. The average molecular weight is 339 g/mol. The zero-order valence-corrected chi connectivity index (χ0v) is 10.8. The van der Waals surface area contributed by atoms with Gasteiger partial charge in [-0.2, -0.15) is 9.97 Å². The van der Waals surface area contributed by atoms with Crippen molar-refractivity contribution in [1.82, 2.24) is 9.97 Å². The molecule has 1 aliphatic rings. The molecule has 1 aliphatic heterocycles. The van der Waals surface area contributed by atoms with Gasteiger partial charge in [-0.05, 0) is 22.6 Å². The summed E-state index contributed by atoms with van der Waals surface area (Å²) in [6.45, 7) is 0.398. The number of ether oxygens (including phenoxy) is 1. The number of methoxy groups -OCH3 is 1. The van der Waals surface area contributed by atoms with Gasteiger partial charge in [0.15, 0.2) is 0 Å². The van der Waals surface area contributed by atoms with Crippen LogP contribution in [0, 0.1) is 3.70 Å². The Morgan fingerprint density at radius 2 is 2.31 bits per heavy atom. The number of aliphatic hydroxyl groups is 1. The maximum Gasteiger partial charge on any atom is 0.319 e. The van der Waals surface area contributed by atoms with Crippen LogP contribution in [0.5, 0.6) is 6.01 Å². The lowest BCUT2D eigenvalue weighted by atomic mass is 10.3. The zero-order valence-electron chi connectivity index (χ0n) is 8.60. The molecule has 2 atom stereocenters. The van der Waals surface area contributed by atoms with Crippen molar-refractivity contribution in [2.24, 2.45) is 0 Å². The average Bonchev–Trinajstić information content (AvgIpc) is 2.58. The lowest BCUT2D eigenvalue weighted by Crippen LogP contribution is -2.22. The molecule has 88 valence electrons. The van der Waals surface area contributed by atoms with Crippen molar-refractivity contribution in [3.8, 4) is 6.01 Å². The van der Waals surface area contributed by atoms with Crippen LogP contribution in [0.1, 0.15) is 0 Å². The van der Waals surface area contributed by atoms with Crippen molar-refractivity contribution in [3.05, 3.63) is 9.77 Å². The molecule has 1 N–H and O–H groups in total. The quantitative estimate of drug-likeness (QED) is 0.632. The summed E-state index contributed by atoms with van der Waals surface area (Å²) in [5.74, 6) is 0.579. The number of hydrogen-bond donors (Lipinski definition) is 1. The number of aliphatic hydroxyl groups excluding tert-OH is 1. The van der Waals surface area contributed by atoms with Crippen LogP contribution >= 0.6 is 22.6 Å². The number of β-amino-alcohol motifs (C(OH)–C–C–N with tert-alkyl or cyclic N) is 1. The van der Waals surface area contributed by atoms with Gasteiger partial charge in [-0.3, -0.25) is 0 Å². The second-order valence-electron chi connectivity index (χ2n) is 3.52. The molecule has 7 heteroatoms. The fourth-order valence-corrected chi connectivity index (χ4v) is 2.06. The van der Waals surface area contributed by atoms with Gasteiger partial charge in [0.2, 0.25) is 0 Å². The summed E-state index contributed by atoms with van der Waals surface area (Å²) in [6.07, 6.45) is -2.17. The molecule has 0 radical (unpaired) electrons. The normalized spacial score (nSPS) is 24.9. The van der Waals surface area contributed by atoms with Crippen LogP contribution in [0.15, 0.2) is 6.07 Å². The topological polar surface area (TPSA) is 58.5 Å². The summed E-state index contributed by atoms with van der Waals surface area (Å²) in [4.78, 5) is 9.83. The monoisotopic (exact) mass is 339 g/mol. The molecular weight excluding hydrogens is 328 g/mol. The molecule has 2 heterocycles. The minimum atomic E-state index is -1.22. The zero-order chi connectivity index (χ0) is 11.7. The molecule has 1 aromatic rings. The highest BCUT2D eigenvalue weighted by Crippen LogP contribution is 2.23. The molecule has 2 unspecified atom stereocenters. The number of aromatic nitrogens is 2. The fraction of sp³-hybridized carbons (Fsp3) is 0.556. The van der Waals surface area contributed by atoms with Gasteiger partial charge >= 0.3 is 6.01 Å². The highest BCUT2D eigenvalue weighted by atomic mass is 127. The molecule has 0 aromatic carbocycles. The van der Waals surface area contributed by atoms with Gasteiger partial charge in [-0.1, -0.05) is 0 Å². The Balaban J connectivity index is 2.24. The van der Waals surface area contributed by atoms with E-state index < -0.39 is 12.3 Å². The van der Waals surface area contributed by atoms with Crippen LogP contribution in [0.2, 0.25) is 0 Å². The molecule has 1 saturated heterocycles. The van der Waals surface area contributed by atoms with Crippen LogP contribution < -0.4 is 9.64 Å². The second kappa shape index (κ2) is 4.66. The number of alkyl halides is 1. The third-order valence-electron chi connectivity index (χ3n) is 2.39. The van der Waals surface area contributed by atoms with Crippen LogP contribution in [0.4, 0.5) is 10.2 Å². The van der Waals surface area contributed by atoms with Gasteiger partial charge in [-0.25, -0.2) is 4.39 Å². The molecule has 0 saturated carbocycles. The van der Waals surface area contributed by atoms with E-state index in [4.69, 9.17) is 4.74 Å². The first kappa shape index (κ1) is 11.8. The Kier molecular flexibility index (Phi) is 3.43. The molecule has 1 aromatic heterocycles. The Morgan fingerprint density at radius 3 is 2.88 bits per heavy atom. The predicted octanol–water partition coefficient (Wildman–Crippen LogP) is 0.609. The number of rotatable bonds is 2. The molecule has 1 fully saturated rings. The summed E-state index contributed by atoms with van der Waals surface area (Å²) < 4.78 is 18.8. The number of hydrogen-bond acceptors (Lipinski definition) is 5. The number of anilines is 1. The van der Waals surface area contributed by atoms with Crippen LogP contribution in [0.25, 0.3) is 0 Å². The summed E-state index contributed by atoms with van der Waals surface area (Å²) in [5.41, 5.74) is 0. The number of nitrogens with zero attached hydrogens (tertiary/aromatic N) is 3. The van der Waals surface area contributed by atoms with Crippen molar-refractivity contribution in [2.75, 3.05) is 25.1 Å². The van der Waals surface area contributed by atoms with Gasteiger partial charge < -0.3 is 14.7 Å². The SMILES string of the molecule is COc1nc(I)cc(N2CC(O)C(F)C2)n1. The van der Waals surface area contributed by atoms with Crippen molar-refractivity contribution in [1.29, 1.82) is 0 Å². The Morgan fingerprint density at radius 1 is 1.56 bits per heavy atom. The lowest BCUT2D eigenvalue weighted by molar-refractivity contribution is 0.118. The molecule has 0 spiro atoms. The summed E-state index contributed by atoms with van der Waals surface area (Å²) in [5, 5.41) is 9.33. The molecule has 0 amide bonds. The van der Waals surface area contributed by atoms with E-state index in [0.717, 1.165) is 3.70 Å². The minimum Gasteiger partial charge on any atom is -0.467 e. The lowest BCUT2D eigenvalue weighted by Gasteiger charge is -2.16. The maximum absolute atomic E-state index is 13.2. The van der Waals surface area contributed by atoms with E-state index in [-0.39, 0.29) is 19.1 Å². The largest absolute Gasteiger partial charge is 0.467 e. The smallest absolute Gasteiger partial charge is 0.319 e. The first-order chi connectivity index (χ1) is 7.60. The van der Waals surface area contributed by atoms with E-state index in [2.05, 4.69) is 9.97 Å². The standard InChI is InChI=1S/C9H11FIN3O2/c1-16-9-12-7(11)2-8(13-9)14-3-5(10)6(15)4-14/h2,5-6,15H,3-4H2,1H3. The van der Waals surface area contributed by atoms with Crippen LogP contribution in [-0.4, -0.2) is 47.5 Å². The highest BCUT2D eigenvalue weighted by Gasteiger charge is 2.32. The molecule has 0 aliphatic carbocycles. The molecule has 0 bridgehead atoms. The predicted molar refractivity (Wildman–Crippen MR) is 64.4 cm³/mol. The Bertz CT molecular complexity index is 383. The summed E-state index contributed by atoms with van der Waals surface area (Å²) in [7, 11) is 1.48. The first-order valence-corrected chi connectivity index (χ1v) is 5.83. The summed E-state index contributed by atoms with van der Waals surface area (Å²) >= 11 is 2.04. The Hall–Kier alpha value is -0.700. The van der Waals surface area contributed by atoms with Crippen molar-refractivity contribution < 1.29 is 14.2 Å². The maximum atomic E-state index is 13.2. The highest BCUT2D eigenvalue weighted by molar-refractivity contribution is 14.1. The summed E-state index contributed by atoms with van der Waals surface area (Å²) in [6, 6.07) is 1.98. The second-order valence-corrected chi connectivity index (χ2v) is 4.63. The van der Waals surface area contributed by atoms with Crippen molar-refractivity contribution in [3.63, 3.8) is 0 Å². The van der Waals surface area contributed by atoms with Crippen LogP contribution in [0.3, 0.4) is 0 Å². The van der Waals surface area contributed by atoms with E-state index in [9.17, 15) is 9.50 Å². The third kappa shape index (κ3) is 2.34. The minimum absolute atomic E-state index is 0.150. The van der Waals surface area contributed by atoms with Gasteiger partial charge in [0.1, 0.15) is 21.8 Å². The van der Waals surface area contributed by atoms with Gasteiger partial charge in [0, 0.05) is 12.6 Å². The van der Waals surface area contributed by atoms with E-state index in [0.29, 0.717) is 5.82 Å². The Labute approximate surface area is 106 Å². The molecule has 16 heavy (non-hydrogen) atoms. The van der Waals surface area contributed by atoms with Gasteiger partial charge in [0.05, 0.1) is 13.7 Å². The van der Waals surface area contributed by atoms with E-state index >= 15 is 0 Å². The van der Waals surface area contributed by atoms with Gasteiger partial charge in [-0.15, -0.1) is 0 Å². The van der Waals surface area contributed by atoms with E-state index in [1.54, 1.807) is 11.0 Å². The van der Waals surface area contributed by atoms with Crippen molar-refractivity contribution >= 4 is 28.4 Å². The van der Waals surface area contributed by atoms with Crippen LogP contribution in [-0.2, 0) is 0 Å². The molecule has 2 rings (SSSR count). The first-order valence-electron chi connectivity index (χ1n) is 4.76. The van der Waals surface area contributed by atoms with Gasteiger partial charge in [0.25, 0.3) is 0 Å². The van der Waals surface area contributed by atoms with Crippen molar-refractivity contribution in [2.45, 2.75) is 12.3 Å². The fourth-order valence-electron chi connectivity index (χ4n) is 1.57.